The van der Waals surface area contributed by atoms with Gasteiger partial charge in [0.15, 0.2) is 0 Å². The average molecular weight is 599 g/mol. The molecule has 5 heterocycles. The number of carbonyl (C=O) groups excluding carboxylic acids is 3. The Kier molecular flexibility index (Phi) is 6.66. The third-order valence-electron chi connectivity index (χ3n) is 8.47. The molecule has 4 aromatic rings. The second kappa shape index (κ2) is 10.5. The molecule has 3 aliphatic rings. The summed E-state index contributed by atoms with van der Waals surface area (Å²) in [5.74, 6) is 4.06. The number of ether oxygens (including phenoxy) is 1. The van der Waals surface area contributed by atoms with Crippen LogP contribution in [0.15, 0.2) is 48.7 Å². The Labute approximate surface area is 249 Å². The van der Waals surface area contributed by atoms with Crippen LogP contribution in [0.25, 0.3) is 10.4 Å². The van der Waals surface area contributed by atoms with Crippen molar-refractivity contribution >= 4 is 29.1 Å². The van der Waals surface area contributed by atoms with Gasteiger partial charge in [-0.1, -0.05) is 6.07 Å². The molecule has 1 aromatic carbocycles. The van der Waals surface area contributed by atoms with E-state index in [9.17, 15) is 18.8 Å². The van der Waals surface area contributed by atoms with Crippen molar-refractivity contribution in [1.29, 1.82) is 0 Å². The molecule has 0 saturated carbocycles. The number of pyridine rings is 2. The van der Waals surface area contributed by atoms with Crippen molar-refractivity contribution in [2.24, 2.45) is 11.6 Å². The number of halogens is 1. The lowest BCUT2D eigenvalue weighted by molar-refractivity contribution is 0.0776. The zero-order valence-electron chi connectivity index (χ0n) is 22.9. The first-order valence-electron chi connectivity index (χ1n) is 14.0. The Bertz CT molecular complexity index is 1810. The summed E-state index contributed by atoms with van der Waals surface area (Å²) in [5.41, 5.74) is 12.4. The lowest BCUT2D eigenvalue weighted by Crippen LogP contribution is -2.32. The van der Waals surface area contributed by atoms with Gasteiger partial charge in [-0.2, -0.15) is 0 Å². The van der Waals surface area contributed by atoms with Crippen molar-refractivity contribution in [3.63, 3.8) is 0 Å². The number of nitrogens with zero attached hydrogens (tertiary/aromatic N) is 3. The largest absolute Gasteiger partial charge is 0.487 e. The number of nitrogens with one attached hydrogen (secondary N) is 1. The van der Waals surface area contributed by atoms with Crippen LogP contribution in [-0.2, 0) is 13.0 Å². The number of nitrogens with two attached hydrogens (primary N) is 2. The van der Waals surface area contributed by atoms with Gasteiger partial charge in [0, 0.05) is 34.8 Å². The molecule has 43 heavy (non-hydrogen) atoms. The highest BCUT2D eigenvalue weighted by Gasteiger charge is 2.45. The third kappa shape index (κ3) is 4.45. The van der Waals surface area contributed by atoms with E-state index >= 15 is 0 Å². The van der Waals surface area contributed by atoms with Gasteiger partial charge in [0.1, 0.15) is 18.2 Å². The summed E-state index contributed by atoms with van der Waals surface area (Å²) >= 11 is 1.15. The number of hydrogen-bond acceptors (Lipinski definition) is 8. The van der Waals surface area contributed by atoms with Gasteiger partial charge in [0.25, 0.3) is 17.7 Å². The Morgan fingerprint density at radius 1 is 1.14 bits per heavy atom. The highest BCUT2D eigenvalue weighted by molar-refractivity contribution is 7.17. The molecule has 0 bridgehead atoms. The van der Waals surface area contributed by atoms with Gasteiger partial charge in [-0.3, -0.25) is 29.8 Å². The second-order valence-electron chi connectivity index (χ2n) is 10.8. The number of aromatic nitrogens is 2. The number of primary amides is 1. The SMILES string of the molecule is NNC(=O)c1c(COc2ccc(F)cc2)nc2c(c1-c1cc([C@@H]3CCc4ncccc43)c(C(N)=O)s1)C(=O)N1CCC[C@@H]21. The van der Waals surface area contributed by atoms with Crippen molar-refractivity contribution in [2.75, 3.05) is 6.54 Å². The molecule has 218 valence electrons. The number of aryl methyl sites for hydroxylation is 1. The molecule has 2 aliphatic heterocycles. The summed E-state index contributed by atoms with van der Waals surface area (Å²) in [6, 6.07) is 11.0. The molecular weight excluding hydrogens is 571 g/mol. The fourth-order valence-electron chi connectivity index (χ4n) is 6.62. The van der Waals surface area contributed by atoms with Crippen molar-refractivity contribution in [3.05, 3.63) is 98.7 Å². The Hall–Kier alpha value is -4.68. The fraction of sp³-hybridized carbons (Fsp3) is 0.258. The number of nitrogen functional groups attached to an aromatic ring is 1. The molecule has 0 unspecified atom stereocenters. The number of rotatable bonds is 7. The highest BCUT2D eigenvalue weighted by atomic mass is 32.1. The lowest BCUT2D eigenvalue weighted by Gasteiger charge is -2.17. The molecule has 5 N–H and O–H groups in total. The maximum Gasteiger partial charge on any atom is 0.267 e. The monoisotopic (exact) mass is 598 g/mol. The first-order chi connectivity index (χ1) is 20.9. The van der Waals surface area contributed by atoms with Crippen LogP contribution in [-0.4, -0.2) is 39.1 Å². The van der Waals surface area contributed by atoms with Gasteiger partial charge in [-0.05, 0) is 73.2 Å². The van der Waals surface area contributed by atoms with E-state index in [4.69, 9.17) is 21.3 Å². The third-order valence-corrected chi connectivity index (χ3v) is 9.65. The lowest BCUT2D eigenvalue weighted by atomic mass is 9.91. The van der Waals surface area contributed by atoms with E-state index in [1.165, 1.54) is 24.3 Å². The summed E-state index contributed by atoms with van der Waals surface area (Å²) in [7, 11) is 0. The standard InChI is InChI=1S/C31H27FN6O4S/c32-15-5-7-16(8-6-15)42-14-21-24(30(40)37-34)25(26-27(36-21)22-4-2-12-38(22)31(26)41)23-13-19(28(43-23)29(33)39)17-9-10-20-18(17)3-1-11-35-20/h1,3,5-8,11,13,17,22H,2,4,9-10,12,14,34H2,(H2,33,39)(H,37,40)/t17-,22+/m1/s1. The zero-order valence-corrected chi connectivity index (χ0v) is 23.7. The van der Waals surface area contributed by atoms with Gasteiger partial charge in [0.2, 0.25) is 0 Å². The van der Waals surface area contributed by atoms with Crippen LogP contribution >= 0.6 is 11.3 Å². The van der Waals surface area contributed by atoms with E-state index in [1.807, 2.05) is 18.2 Å². The summed E-state index contributed by atoms with van der Waals surface area (Å²) in [6.45, 7) is 0.436. The molecule has 10 nitrogen and oxygen atoms in total. The first kappa shape index (κ1) is 27.2. The Morgan fingerprint density at radius 2 is 1.95 bits per heavy atom. The zero-order chi connectivity index (χ0) is 29.8. The van der Waals surface area contributed by atoms with Gasteiger partial charge in [0.05, 0.1) is 33.4 Å². The maximum atomic E-state index is 13.9. The minimum Gasteiger partial charge on any atom is -0.487 e. The predicted octanol–water partition coefficient (Wildman–Crippen LogP) is 3.99. The number of hydrazine groups is 1. The summed E-state index contributed by atoms with van der Waals surface area (Å²) < 4.78 is 19.4. The van der Waals surface area contributed by atoms with Crippen LogP contribution in [0.4, 0.5) is 4.39 Å². The Balaban J connectivity index is 1.43. The number of benzene rings is 1. The van der Waals surface area contributed by atoms with Gasteiger partial charge >= 0.3 is 0 Å². The molecule has 1 aliphatic carbocycles. The van der Waals surface area contributed by atoms with Crippen LogP contribution in [0.1, 0.15) is 89.8 Å². The number of carbonyl (C=O) groups is 3. The fourth-order valence-corrected chi connectivity index (χ4v) is 7.75. The molecule has 0 radical (unpaired) electrons. The molecule has 3 aromatic heterocycles. The van der Waals surface area contributed by atoms with E-state index < -0.39 is 17.6 Å². The summed E-state index contributed by atoms with van der Waals surface area (Å²) in [4.78, 5) is 52.2. The van der Waals surface area contributed by atoms with E-state index in [-0.39, 0.29) is 35.7 Å². The molecule has 1 fully saturated rings. The van der Waals surface area contributed by atoms with Crippen LogP contribution in [0.3, 0.4) is 0 Å². The van der Waals surface area contributed by atoms with Crippen LogP contribution in [0.2, 0.25) is 0 Å². The second-order valence-corrected chi connectivity index (χ2v) is 11.9. The molecule has 7 rings (SSSR count). The van der Waals surface area contributed by atoms with Crippen LogP contribution in [0, 0.1) is 5.82 Å². The van der Waals surface area contributed by atoms with Crippen LogP contribution < -0.4 is 21.7 Å². The number of thiophene rings is 1. The number of hydrogen-bond donors (Lipinski definition) is 3. The van der Waals surface area contributed by atoms with E-state index in [0.29, 0.717) is 38.9 Å². The maximum absolute atomic E-state index is 13.9. The topological polar surface area (TPSA) is 154 Å². The summed E-state index contributed by atoms with van der Waals surface area (Å²) in [6.07, 6.45) is 4.83. The van der Waals surface area contributed by atoms with E-state index in [1.54, 1.807) is 11.1 Å². The quantitative estimate of drug-likeness (QED) is 0.165. The van der Waals surface area contributed by atoms with Crippen molar-refractivity contribution < 1.29 is 23.5 Å². The van der Waals surface area contributed by atoms with Gasteiger partial charge in [-0.15, -0.1) is 11.3 Å². The van der Waals surface area contributed by atoms with Crippen molar-refractivity contribution in [1.82, 2.24) is 20.3 Å². The normalized spacial score (nSPS) is 18.4. The van der Waals surface area contributed by atoms with Crippen molar-refractivity contribution in [2.45, 2.75) is 44.2 Å². The van der Waals surface area contributed by atoms with Gasteiger partial charge < -0.3 is 15.4 Å². The van der Waals surface area contributed by atoms with E-state index in [2.05, 4.69) is 10.4 Å². The minimum atomic E-state index is -0.658. The number of fused-ring (bicyclic) bond motifs is 4. The molecule has 12 heteroatoms. The minimum absolute atomic E-state index is 0.0789. The Morgan fingerprint density at radius 3 is 2.72 bits per heavy atom. The average Bonchev–Trinajstić information content (AvgIpc) is 3.80. The highest BCUT2D eigenvalue weighted by Crippen LogP contribution is 2.49. The van der Waals surface area contributed by atoms with Crippen molar-refractivity contribution in [3.8, 4) is 16.2 Å². The molecule has 0 spiro atoms. The van der Waals surface area contributed by atoms with Crippen LogP contribution in [0.5, 0.6) is 5.75 Å². The smallest absolute Gasteiger partial charge is 0.267 e. The predicted molar refractivity (Wildman–Crippen MR) is 156 cm³/mol. The first-order valence-corrected chi connectivity index (χ1v) is 14.8. The number of amides is 3. The molecular formula is C31H27FN6O4S. The molecule has 2 atom stereocenters. The van der Waals surface area contributed by atoms with E-state index in [0.717, 1.165) is 53.8 Å². The molecule has 3 amide bonds. The molecule has 1 saturated heterocycles. The van der Waals surface area contributed by atoms with Gasteiger partial charge in [-0.25, -0.2) is 10.2 Å². The summed E-state index contributed by atoms with van der Waals surface area (Å²) in [5, 5.41) is 0.